The van der Waals surface area contributed by atoms with Crippen molar-refractivity contribution in [3.05, 3.63) is 65.0 Å². The van der Waals surface area contributed by atoms with E-state index in [0.717, 1.165) is 23.4 Å². The molecular formula is C20H22ClN5O2. The van der Waals surface area contributed by atoms with E-state index < -0.39 is 0 Å². The molecule has 0 bridgehead atoms. The third kappa shape index (κ3) is 5.47. The van der Waals surface area contributed by atoms with Gasteiger partial charge in [0.2, 0.25) is 11.7 Å². The van der Waals surface area contributed by atoms with Crippen molar-refractivity contribution in [2.24, 2.45) is 4.99 Å². The SMILES string of the molecule is CCNC(=NCc1ccc(OC)cc1)NCc1nc(-c2cccc(Cl)c2)no1. The molecule has 0 amide bonds. The van der Waals surface area contributed by atoms with Gasteiger partial charge in [0.25, 0.3) is 0 Å². The van der Waals surface area contributed by atoms with Gasteiger partial charge in [-0.3, -0.25) is 0 Å². The summed E-state index contributed by atoms with van der Waals surface area (Å²) in [6, 6.07) is 15.1. The third-order valence-corrected chi connectivity index (χ3v) is 4.12. The number of nitrogens with zero attached hydrogens (tertiary/aromatic N) is 3. The van der Waals surface area contributed by atoms with E-state index in [-0.39, 0.29) is 0 Å². The first-order valence-electron chi connectivity index (χ1n) is 8.91. The number of hydrogen-bond acceptors (Lipinski definition) is 5. The minimum absolute atomic E-state index is 0.363. The van der Waals surface area contributed by atoms with E-state index in [1.807, 2.05) is 43.3 Å². The molecular weight excluding hydrogens is 378 g/mol. The molecule has 2 aromatic carbocycles. The zero-order valence-electron chi connectivity index (χ0n) is 15.8. The lowest BCUT2D eigenvalue weighted by Gasteiger charge is -2.09. The third-order valence-electron chi connectivity index (χ3n) is 3.88. The molecule has 146 valence electrons. The van der Waals surface area contributed by atoms with E-state index >= 15 is 0 Å². The molecule has 0 aliphatic carbocycles. The predicted octanol–water partition coefficient (Wildman–Crippen LogP) is 3.65. The summed E-state index contributed by atoms with van der Waals surface area (Å²) in [5.41, 5.74) is 1.89. The number of aliphatic imine (C=N–C) groups is 1. The summed E-state index contributed by atoms with van der Waals surface area (Å²) in [5, 5.41) is 11.0. The average molecular weight is 400 g/mol. The molecule has 1 aromatic heterocycles. The number of guanidine groups is 1. The quantitative estimate of drug-likeness (QED) is 0.466. The molecule has 8 heteroatoms. The van der Waals surface area contributed by atoms with Crippen LogP contribution in [0.25, 0.3) is 11.4 Å². The summed E-state index contributed by atoms with van der Waals surface area (Å²) in [5.74, 6) is 2.45. The van der Waals surface area contributed by atoms with E-state index in [1.54, 1.807) is 19.2 Å². The fourth-order valence-corrected chi connectivity index (χ4v) is 2.66. The lowest BCUT2D eigenvalue weighted by molar-refractivity contribution is 0.375. The van der Waals surface area contributed by atoms with Crippen molar-refractivity contribution in [1.29, 1.82) is 0 Å². The van der Waals surface area contributed by atoms with Crippen LogP contribution in [0.4, 0.5) is 0 Å². The molecule has 0 spiro atoms. The normalized spacial score (nSPS) is 11.3. The summed E-state index contributed by atoms with van der Waals surface area (Å²) in [6.07, 6.45) is 0. The maximum Gasteiger partial charge on any atom is 0.246 e. The maximum atomic E-state index is 6.01. The summed E-state index contributed by atoms with van der Waals surface area (Å²) in [4.78, 5) is 8.97. The van der Waals surface area contributed by atoms with Crippen LogP contribution in [0.15, 0.2) is 58.0 Å². The Labute approximate surface area is 168 Å². The molecule has 0 saturated carbocycles. The Morgan fingerprint density at radius 1 is 1.18 bits per heavy atom. The van der Waals surface area contributed by atoms with Gasteiger partial charge in [0.15, 0.2) is 5.96 Å². The molecule has 0 fully saturated rings. The second-order valence-electron chi connectivity index (χ2n) is 5.92. The number of hydrogen-bond donors (Lipinski definition) is 2. The highest BCUT2D eigenvalue weighted by Gasteiger charge is 2.09. The number of halogens is 1. The zero-order valence-corrected chi connectivity index (χ0v) is 16.5. The van der Waals surface area contributed by atoms with Gasteiger partial charge in [-0.15, -0.1) is 0 Å². The first-order chi connectivity index (χ1) is 13.7. The van der Waals surface area contributed by atoms with Gasteiger partial charge in [-0.05, 0) is 36.8 Å². The van der Waals surface area contributed by atoms with E-state index in [4.69, 9.17) is 20.9 Å². The molecule has 3 rings (SSSR count). The Morgan fingerprint density at radius 3 is 2.71 bits per heavy atom. The van der Waals surface area contributed by atoms with Gasteiger partial charge in [-0.1, -0.05) is 41.0 Å². The lowest BCUT2D eigenvalue weighted by atomic mass is 10.2. The number of methoxy groups -OCH3 is 1. The summed E-state index contributed by atoms with van der Waals surface area (Å²) < 4.78 is 10.5. The van der Waals surface area contributed by atoms with Crippen molar-refractivity contribution in [1.82, 2.24) is 20.8 Å². The Hall–Kier alpha value is -3.06. The highest BCUT2D eigenvalue weighted by atomic mass is 35.5. The van der Waals surface area contributed by atoms with Crippen molar-refractivity contribution >= 4 is 17.6 Å². The Balaban J connectivity index is 1.61. The average Bonchev–Trinajstić information content (AvgIpc) is 3.19. The van der Waals surface area contributed by atoms with E-state index in [1.165, 1.54) is 0 Å². The van der Waals surface area contributed by atoms with Gasteiger partial charge in [-0.25, -0.2) is 4.99 Å². The molecule has 2 N–H and O–H groups in total. The van der Waals surface area contributed by atoms with Crippen molar-refractivity contribution < 1.29 is 9.26 Å². The van der Waals surface area contributed by atoms with Crippen LogP contribution >= 0.6 is 11.6 Å². The summed E-state index contributed by atoms with van der Waals surface area (Å²) in [7, 11) is 1.65. The molecule has 1 heterocycles. The molecule has 0 unspecified atom stereocenters. The van der Waals surface area contributed by atoms with Crippen molar-refractivity contribution in [3.8, 4) is 17.1 Å². The highest BCUT2D eigenvalue weighted by Crippen LogP contribution is 2.19. The molecule has 28 heavy (non-hydrogen) atoms. The smallest absolute Gasteiger partial charge is 0.246 e. The van der Waals surface area contributed by atoms with E-state index in [2.05, 4.69) is 25.8 Å². The van der Waals surface area contributed by atoms with Crippen LogP contribution in [0, 0.1) is 0 Å². The first-order valence-corrected chi connectivity index (χ1v) is 9.29. The van der Waals surface area contributed by atoms with E-state index in [0.29, 0.717) is 35.8 Å². The van der Waals surface area contributed by atoms with Crippen LogP contribution in [0.1, 0.15) is 18.4 Å². The van der Waals surface area contributed by atoms with Gasteiger partial charge in [0.05, 0.1) is 20.2 Å². The highest BCUT2D eigenvalue weighted by molar-refractivity contribution is 6.30. The van der Waals surface area contributed by atoms with Gasteiger partial charge in [0.1, 0.15) is 5.75 Å². The van der Waals surface area contributed by atoms with Gasteiger partial charge in [-0.2, -0.15) is 4.98 Å². The van der Waals surface area contributed by atoms with Gasteiger partial charge < -0.3 is 19.9 Å². The van der Waals surface area contributed by atoms with Gasteiger partial charge >= 0.3 is 0 Å². The predicted molar refractivity (Wildman–Crippen MR) is 109 cm³/mol. The van der Waals surface area contributed by atoms with Crippen molar-refractivity contribution in [2.75, 3.05) is 13.7 Å². The van der Waals surface area contributed by atoms with Crippen LogP contribution in [0.5, 0.6) is 5.75 Å². The van der Waals surface area contributed by atoms with Crippen molar-refractivity contribution in [2.45, 2.75) is 20.0 Å². The van der Waals surface area contributed by atoms with Crippen LogP contribution < -0.4 is 15.4 Å². The van der Waals surface area contributed by atoms with Crippen LogP contribution in [0.3, 0.4) is 0 Å². The Kier molecular flexibility index (Phi) is 6.86. The number of benzene rings is 2. The molecule has 0 saturated heterocycles. The monoisotopic (exact) mass is 399 g/mol. The Morgan fingerprint density at radius 2 is 2.00 bits per heavy atom. The van der Waals surface area contributed by atoms with Crippen LogP contribution in [-0.4, -0.2) is 29.8 Å². The Bertz CT molecular complexity index is 924. The maximum absolute atomic E-state index is 6.01. The second kappa shape index (κ2) is 9.75. The molecule has 3 aromatic rings. The second-order valence-corrected chi connectivity index (χ2v) is 6.36. The largest absolute Gasteiger partial charge is 0.497 e. The number of aromatic nitrogens is 2. The lowest BCUT2D eigenvalue weighted by Crippen LogP contribution is -2.36. The topological polar surface area (TPSA) is 84.6 Å². The van der Waals surface area contributed by atoms with Crippen molar-refractivity contribution in [3.63, 3.8) is 0 Å². The molecule has 0 radical (unpaired) electrons. The minimum atomic E-state index is 0.363. The summed E-state index contributed by atoms with van der Waals surface area (Å²) >= 11 is 6.01. The molecule has 7 nitrogen and oxygen atoms in total. The first kappa shape index (κ1) is 19.7. The van der Waals surface area contributed by atoms with Crippen LogP contribution in [-0.2, 0) is 13.1 Å². The van der Waals surface area contributed by atoms with E-state index in [9.17, 15) is 0 Å². The zero-order chi connectivity index (χ0) is 19.8. The fraction of sp³-hybridized carbons (Fsp3) is 0.250. The fourth-order valence-electron chi connectivity index (χ4n) is 2.47. The molecule has 0 aliphatic heterocycles. The molecule has 0 atom stereocenters. The van der Waals surface area contributed by atoms with Gasteiger partial charge in [0, 0.05) is 17.1 Å². The number of ether oxygens (including phenoxy) is 1. The number of nitrogens with one attached hydrogen (secondary N) is 2. The van der Waals surface area contributed by atoms with Crippen LogP contribution in [0.2, 0.25) is 5.02 Å². The standard InChI is InChI=1S/C20H22ClN5O2/c1-3-22-20(23-12-14-7-9-17(27-2)10-8-14)24-13-18-25-19(26-28-18)15-5-4-6-16(21)11-15/h4-11H,3,12-13H2,1-2H3,(H2,22,23,24). The molecule has 0 aliphatic rings. The number of rotatable bonds is 7. The summed E-state index contributed by atoms with van der Waals surface area (Å²) in [6.45, 7) is 3.65. The minimum Gasteiger partial charge on any atom is -0.497 e.